The van der Waals surface area contributed by atoms with Crippen molar-refractivity contribution in [1.82, 2.24) is 4.98 Å². The average molecular weight is 491 g/mol. The SMILES string of the molecule is COc1cc2nccc(Oc3ccc4ccc(NC(=O)C5C[C@@H]5c5ccccc5)cc4c3)c2cc1OC. The lowest BCUT2D eigenvalue weighted by atomic mass is 10.1. The molecule has 1 amide bonds. The zero-order chi connectivity index (χ0) is 25.4. The summed E-state index contributed by atoms with van der Waals surface area (Å²) in [6.07, 6.45) is 2.59. The number of fused-ring (bicyclic) bond motifs is 2. The van der Waals surface area contributed by atoms with Gasteiger partial charge in [0.05, 0.1) is 19.7 Å². The molecule has 1 saturated carbocycles. The van der Waals surface area contributed by atoms with Gasteiger partial charge in [-0.15, -0.1) is 0 Å². The summed E-state index contributed by atoms with van der Waals surface area (Å²) in [6.45, 7) is 0. The summed E-state index contributed by atoms with van der Waals surface area (Å²) >= 11 is 0. The molecule has 0 bridgehead atoms. The molecular formula is C31H26N2O4. The van der Waals surface area contributed by atoms with Crippen molar-refractivity contribution in [2.75, 3.05) is 19.5 Å². The van der Waals surface area contributed by atoms with Crippen LogP contribution >= 0.6 is 0 Å². The second kappa shape index (κ2) is 9.47. The maximum atomic E-state index is 12.9. The highest BCUT2D eigenvalue weighted by Gasteiger charge is 2.43. The van der Waals surface area contributed by atoms with Gasteiger partial charge in [0.15, 0.2) is 11.5 Å². The van der Waals surface area contributed by atoms with Crippen molar-refractivity contribution in [3.63, 3.8) is 0 Å². The third kappa shape index (κ3) is 4.54. The maximum absolute atomic E-state index is 12.9. The Labute approximate surface area is 214 Å². The van der Waals surface area contributed by atoms with Crippen LogP contribution in [-0.4, -0.2) is 25.1 Å². The van der Waals surface area contributed by atoms with Gasteiger partial charge in [-0.25, -0.2) is 0 Å². The highest BCUT2D eigenvalue weighted by molar-refractivity contribution is 5.98. The van der Waals surface area contributed by atoms with Crippen LogP contribution in [0.1, 0.15) is 17.9 Å². The van der Waals surface area contributed by atoms with E-state index in [9.17, 15) is 4.79 Å². The molecule has 0 aliphatic heterocycles. The van der Waals surface area contributed by atoms with Gasteiger partial charge in [0.1, 0.15) is 11.5 Å². The number of benzene rings is 4. The van der Waals surface area contributed by atoms with Gasteiger partial charge in [0, 0.05) is 29.3 Å². The number of aromatic nitrogens is 1. The molecule has 0 spiro atoms. The molecule has 0 saturated heterocycles. The Kier molecular flexibility index (Phi) is 5.85. The van der Waals surface area contributed by atoms with E-state index in [4.69, 9.17) is 14.2 Å². The number of ether oxygens (including phenoxy) is 3. The first kappa shape index (κ1) is 22.9. The highest BCUT2D eigenvalue weighted by atomic mass is 16.5. The van der Waals surface area contributed by atoms with Gasteiger partial charge < -0.3 is 19.5 Å². The van der Waals surface area contributed by atoms with Crippen molar-refractivity contribution in [3.8, 4) is 23.0 Å². The molecule has 4 aromatic carbocycles. The predicted molar refractivity (Wildman–Crippen MR) is 145 cm³/mol. The third-order valence-electron chi connectivity index (χ3n) is 6.87. The van der Waals surface area contributed by atoms with E-state index in [0.29, 0.717) is 28.9 Å². The van der Waals surface area contributed by atoms with Crippen LogP contribution in [0, 0.1) is 5.92 Å². The molecule has 1 aromatic heterocycles. The summed E-state index contributed by atoms with van der Waals surface area (Å²) < 4.78 is 17.1. The first-order valence-electron chi connectivity index (χ1n) is 12.2. The van der Waals surface area contributed by atoms with Gasteiger partial charge >= 0.3 is 0 Å². The molecule has 5 aromatic rings. The Bertz CT molecular complexity index is 1620. The number of carbonyl (C=O) groups is 1. The largest absolute Gasteiger partial charge is 0.493 e. The summed E-state index contributed by atoms with van der Waals surface area (Å²) in [5.41, 5.74) is 2.75. The highest BCUT2D eigenvalue weighted by Crippen LogP contribution is 2.48. The van der Waals surface area contributed by atoms with Gasteiger partial charge in [-0.3, -0.25) is 9.78 Å². The summed E-state index contributed by atoms with van der Waals surface area (Å²) in [6, 6.07) is 27.6. The van der Waals surface area contributed by atoms with Gasteiger partial charge in [0.2, 0.25) is 5.91 Å². The van der Waals surface area contributed by atoms with Crippen LogP contribution in [0.15, 0.2) is 91.1 Å². The molecule has 1 N–H and O–H groups in total. The average Bonchev–Trinajstić information content (AvgIpc) is 3.74. The standard InChI is InChI=1S/C31H26N2O4/c1-35-29-17-26-27(18-30(29)36-2)32-13-12-28(26)37-23-11-9-19-8-10-22(14-21(19)15-23)33-31(34)25-16-24(25)20-6-4-3-5-7-20/h3-15,17-18,24-25H,16H2,1-2H3,(H,33,34)/t24-,25?/m1/s1. The van der Waals surface area contributed by atoms with Crippen LogP contribution in [0.4, 0.5) is 5.69 Å². The minimum Gasteiger partial charge on any atom is -0.493 e. The summed E-state index contributed by atoms with van der Waals surface area (Å²) in [4.78, 5) is 17.3. The molecule has 37 heavy (non-hydrogen) atoms. The first-order valence-corrected chi connectivity index (χ1v) is 12.2. The molecule has 2 atom stereocenters. The van der Waals surface area contributed by atoms with Crippen LogP contribution in [0.2, 0.25) is 0 Å². The summed E-state index contributed by atoms with van der Waals surface area (Å²) in [7, 11) is 3.20. The Morgan fingerprint density at radius 3 is 2.43 bits per heavy atom. The molecule has 1 aliphatic carbocycles. The van der Waals surface area contributed by atoms with E-state index in [1.807, 2.05) is 72.8 Å². The van der Waals surface area contributed by atoms with Gasteiger partial charge in [-0.2, -0.15) is 0 Å². The number of pyridine rings is 1. The van der Waals surface area contributed by atoms with Crippen molar-refractivity contribution in [2.24, 2.45) is 5.92 Å². The van der Waals surface area contributed by atoms with Crippen LogP contribution in [0.3, 0.4) is 0 Å². The van der Waals surface area contributed by atoms with Gasteiger partial charge in [-0.05, 0) is 65.1 Å². The van der Waals surface area contributed by atoms with E-state index < -0.39 is 0 Å². The molecule has 1 unspecified atom stereocenters. The molecule has 6 rings (SSSR count). The normalized spacial score (nSPS) is 16.4. The van der Waals surface area contributed by atoms with E-state index in [1.165, 1.54) is 5.56 Å². The van der Waals surface area contributed by atoms with E-state index in [2.05, 4.69) is 22.4 Å². The van der Waals surface area contributed by atoms with Crippen LogP contribution < -0.4 is 19.5 Å². The van der Waals surface area contributed by atoms with Crippen molar-refractivity contribution in [1.29, 1.82) is 0 Å². The van der Waals surface area contributed by atoms with Crippen molar-refractivity contribution in [2.45, 2.75) is 12.3 Å². The zero-order valence-electron chi connectivity index (χ0n) is 20.6. The minimum atomic E-state index is 0.0170. The zero-order valence-corrected chi connectivity index (χ0v) is 20.6. The fourth-order valence-electron chi connectivity index (χ4n) is 4.82. The van der Waals surface area contributed by atoms with Gasteiger partial charge in [0.25, 0.3) is 0 Å². The van der Waals surface area contributed by atoms with Crippen LogP contribution in [0.5, 0.6) is 23.0 Å². The molecule has 1 fully saturated rings. The Morgan fingerprint density at radius 1 is 0.838 bits per heavy atom. The molecular weight excluding hydrogens is 464 g/mol. The quantitative estimate of drug-likeness (QED) is 0.268. The number of hydrogen-bond acceptors (Lipinski definition) is 5. The second-order valence-corrected chi connectivity index (χ2v) is 9.21. The minimum absolute atomic E-state index is 0.0170. The molecule has 184 valence electrons. The predicted octanol–water partition coefficient (Wildman–Crippen LogP) is 6.94. The van der Waals surface area contributed by atoms with Crippen LogP contribution in [-0.2, 0) is 4.79 Å². The topological polar surface area (TPSA) is 69.7 Å². The number of hydrogen-bond donors (Lipinski definition) is 1. The number of carbonyl (C=O) groups excluding carboxylic acids is 1. The smallest absolute Gasteiger partial charge is 0.228 e. The molecule has 0 radical (unpaired) electrons. The van der Waals surface area contributed by atoms with E-state index >= 15 is 0 Å². The number of rotatable bonds is 7. The van der Waals surface area contributed by atoms with E-state index in [0.717, 1.165) is 33.8 Å². The lowest BCUT2D eigenvalue weighted by Gasteiger charge is -2.13. The first-order chi connectivity index (χ1) is 18.1. The third-order valence-corrected chi connectivity index (χ3v) is 6.87. The van der Waals surface area contributed by atoms with Gasteiger partial charge in [-0.1, -0.05) is 42.5 Å². The molecule has 1 heterocycles. The number of nitrogens with zero attached hydrogens (tertiary/aromatic N) is 1. The monoisotopic (exact) mass is 490 g/mol. The Hall–Kier alpha value is -4.58. The lowest BCUT2D eigenvalue weighted by Crippen LogP contribution is -2.14. The van der Waals surface area contributed by atoms with Crippen molar-refractivity contribution >= 4 is 33.3 Å². The Morgan fingerprint density at radius 2 is 1.62 bits per heavy atom. The lowest BCUT2D eigenvalue weighted by molar-refractivity contribution is -0.117. The van der Waals surface area contributed by atoms with E-state index in [-0.39, 0.29) is 11.8 Å². The summed E-state index contributed by atoms with van der Waals surface area (Å²) in [5, 5.41) is 5.95. The summed E-state index contributed by atoms with van der Waals surface area (Å²) in [5.74, 6) is 2.95. The number of amides is 1. The van der Waals surface area contributed by atoms with Crippen molar-refractivity contribution in [3.05, 3.63) is 96.7 Å². The maximum Gasteiger partial charge on any atom is 0.228 e. The number of anilines is 1. The van der Waals surface area contributed by atoms with E-state index in [1.54, 1.807) is 20.4 Å². The second-order valence-electron chi connectivity index (χ2n) is 9.21. The molecule has 6 heteroatoms. The Balaban J connectivity index is 1.23. The molecule has 1 aliphatic rings. The number of nitrogens with one attached hydrogen (secondary N) is 1. The molecule has 6 nitrogen and oxygen atoms in total. The van der Waals surface area contributed by atoms with Crippen molar-refractivity contribution < 1.29 is 19.0 Å². The fourth-order valence-corrected chi connectivity index (χ4v) is 4.82. The fraction of sp³-hybridized carbons (Fsp3) is 0.161. The van der Waals surface area contributed by atoms with Crippen LogP contribution in [0.25, 0.3) is 21.7 Å². The number of methoxy groups -OCH3 is 2.